The van der Waals surface area contributed by atoms with Crippen molar-refractivity contribution < 1.29 is 9.59 Å². The number of benzene rings is 1. The lowest BCUT2D eigenvalue weighted by atomic mass is 10.1. The van der Waals surface area contributed by atoms with Gasteiger partial charge in [0.15, 0.2) is 0 Å². The molecule has 1 N–H and O–H groups in total. The van der Waals surface area contributed by atoms with Gasteiger partial charge in [0.25, 0.3) is 0 Å². The van der Waals surface area contributed by atoms with Gasteiger partial charge in [0.2, 0.25) is 11.8 Å². The lowest BCUT2D eigenvalue weighted by molar-refractivity contribution is -0.131. The predicted molar refractivity (Wildman–Crippen MR) is 112 cm³/mol. The third-order valence-corrected chi connectivity index (χ3v) is 5.15. The molecule has 0 aliphatic carbocycles. The van der Waals surface area contributed by atoms with Crippen molar-refractivity contribution in [3.8, 4) is 0 Å². The van der Waals surface area contributed by atoms with Gasteiger partial charge in [-0.1, -0.05) is 39.5 Å². The molecule has 1 saturated heterocycles. The highest BCUT2D eigenvalue weighted by atomic mass is 16.2. The summed E-state index contributed by atoms with van der Waals surface area (Å²) in [4.78, 5) is 28.4. The van der Waals surface area contributed by atoms with E-state index in [-0.39, 0.29) is 11.8 Å². The maximum Gasteiger partial charge on any atom is 0.224 e. The summed E-state index contributed by atoms with van der Waals surface area (Å²) in [6, 6.07) is 8.05. The van der Waals surface area contributed by atoms with Crippen molar-refractivity contribution in [2.24, 2.45) is 0 Å². The van der Waals surface area contributed by atoms with E-state index in [1.54, 1.807) is 0 Å². The molecule has 0 atom stereocenters. The average Bonchev–Trinajstić information content (AvgIpc) is 2.70. The zero-order chi connectivity index (χ0) is 19.5. The first-order valence-corrected chi connectivity index (χ1v) is 10.6. The van der Waals surface area contributed by atoms with Gasteiger partial charge in [0, 0.05) is 50.4 Å². The summed E-state index contributed by atoms with van der Waals surface area (Å²) in [6.07, 6.45) is 7.76. The molecular formula is C22H35N3O2. The third-order valence-electron chi connectivity index (χ3n) is 5.15. The highest BCUT2D eigenvalue weighted by Gasteiger charge is 2.20. The van der Waals surface area contributed by atoms with Crippen LogP contribution < -0.4 is 10.2 Å². The van der Waals surface area contributed by atoms with Gasteiger partial charge in [-0.3, -0.25) is 9.59 Å². The Morgan fingerprint density at radius 1 is 0.852 bits per heavy atom. The number of anilines is 2. The molecule has 0 radical (unpaired) electrons. The largest absolute Gasteiger partial charge is 0.368 e. The van der Waals surface area contributed by atoms with Crippen LogP contribution >= 0.6 is 0 Å². The van der Waals surface area contributed by atoms with E-state index in [2.05, 4.69) is 36.2 Å². The SMILES string of the molecule is CCCCCCC(=O)Nc1ccc(N2CCN(C(=O)CCCC)CC2)cc1. The number of hydrogen-bond acceptors (Lipinski definition) is 3. The number of unbranched alkanes of at least 4 members (excludes halogenated alkanes) is 4. The molecule has 1 aromatic rings. The van der Waals surface area contributed by atoms with E-state index >= 15 is 0 Å². The minimum absolute atomic E-state index is 0.0954. The van der Waals surface area contributed by atoms with E-state index in [0.717, 1.165) is 63.2 Å². The van der Waals surface area contributed by atoms with Crippen LogP contribution in [0.5, 0.6) is 0 Å². The molecule has 1 fully saturated rings. The van der Waals surface area contributed by atoms with E-state index in [1.807, 2.05) is 17.0 Å². The molecule has 0 saturated carbocycles. The van der Waals surface area contributed by atoms with Crippen molar-refractivity contribution in [1.29, 1.82) is 0 Å². The van der Waals surface area contributed by atoms with Gasteiger partial charge in [0.05, 0.1) is 0 Å². The number of carbonyl (C=O) groups is 2. The summed E-state index contributed by atoms with van der Waals surface area (Å²) in [6.45, 7) is 7.59. The molecule has 0 unspecified atom stereocenters. The van der Waals surface area contributed by atoms with Crippen LogP contribution in [0.15, 0.2) is 24.3 Å². The van der Waals surface area contributed by atoms with E-state index < -0.39 is 0 Å². The van der Waals surface area contributed by atoms with Crippen LogP contribution in [0.1, 0.15) is 65.2 Å². The first-order chi connectivity index (χ1) is 13.1. The maximum atomic E-state index is 12.1. The number of rotatable bonds is 10. The number of nitrogens with zero attached hydrogens (tertiary/aromatic N) is 2. The van der Waals surface area contributed by atoms with Crippen molar-refractivity contribution in [3.05, 3.63) is 24.3 Å². The highest BCUT2D eigenvalue weighted by Crippen LogP contribution is 2.20. The van der Waals surface area contributed by atoms with Gasteiger partial charge in [-0.25, -0.2) is 0 Å². The summed E-state index contributed by atoms with van der Waals surface area (Å²) in [5, 5.41) is 2.98. The van der Waals surface area contributed by atoms with E-state index in [0.29, 0.717) is 12.8 Å². The Balaban J connectivity index is 1.75. The van der Waals surface area contributed by atoms with Gasteiger partial charge in [-0.2, -0.15) is 0 Å². The molecule has 1 aliphatic heterocycles. The van der Waals surface area contributed by atoms with E-state index in [4.69, 9.17) is 0 Å². The Hall–Kier alpha value is -2.04. The lowest BCUT2D eigenvalue weighted by Gasteiger charge is -2.36. The van der Waals surface area contributed by atoms with E-state index in [9.17, 15) is 9.59 Å². The van der Waals surface area contributed by atoms with Crippen LogP contribution in [0.3, 0.4) is 0 Å². The molecule has 0 bridgehead atoms. The number of nitrogens with one attached hydrogen (secondary N) is 1. The molecular weight excluding hydrogens is 338 g/mol. The Bertz CT molecular complexity index is 578. The topological polar surface area (TPSA) is 52.7 Å². The van der Waals surface area contributed by atoms with Crippen molar-refractivity contribution in [3.63, 3.8) is 0 Å². The van der Waals surface area contributed by atoms with Crippen molar-refractivity contribution in [2.75, 3.05) is 36.4 Å². The number of amides is 2. The van der Waals surface area contributed by atoms with Gasteiger partial charge >= 0.3 is 0 Å². The fourth-order valence-corrected chi connectivity index (χ4v) is 3.39. The Morgan fingerprint density at radius 3 is 2.15 bits per heavy atom. The Kier molecular flexibility index (Phi) is 9.16. The standard InChI is InChI=1S/C22H35N3O2/c1-3-5-7-8-9-21(26)23-19-11-13-20(14-12-19)24-15-17-25(18-16-24)22(27)10-6-4-2/h11-14H,3-10,15-18H2,1-2H3,(H,23,26). The van der Waals surface area contributed by atoms with Crippen LogP contribution in [0.2, 0.25) is 0 Å². The van der Waals surface area contributed by atoms with Gasteiger partial charge in [0.1, 0.15) is 0 Å². The van der Waals surface area contributed by atoms with Crippen LogP contribution in [0.25, 0.3) is 0 Å². The van der Waals surface area contributed by atoms with Gasteiger partial charge in [-0.05, 0) is 37.1 Å². The second-order valence-electron chi connectivity index (χ2n) is 7.38. The second-order valence-corrected chi connectivity index (χ2v) is 7.38. The molecule has 2 rings (SSSR count). The number of hydrogen-bond donors (Lipinski definition) is 1. The summed E-state index contributed by atoms with van der Waals surface area (Å²) >= 11 is 0. The smallest absolute Gasteiger partial charge is 0.224 e. The lowest BCUT2D eigenvalue weighted by Crippen LogP contribution is -2.48. The van der Waals surface area contributed by atoms with Crippen molar-refractivity contribution in [2.45, 2.75) is 65.2 Å². The molecule has 0 aromatic heterocycles. The number of carbonyl (C=O) groups excluding carboxylic acids is 2. The first-order valence-electron chi connectivity index (χ1n) is 10.6. The normalized spacial score (nSPS) is 14.3. The van der Waals surface area contributed by atoms with Crippen LogP contribution in [-0.4, -0.2) is 42.9 Å². The molecule has 1 aromatic carbocycles. The summed E-state index contributed by atoms with van der Waals surface area (Å²) in [7, 11) is 0. The minimum Gasteiger partial charge on any atom is -0.368 e. The van der Waals surface area contributed by atoms with Gasteiger partial charge < -0.3 is 15.1 Å². The zero-order valence-electron chi connectivity index (χ0n) is 17.0. The van der Waals surface area contributed by atoms with Crippen LogP contribution in [0, 0.1) is 0 Å². The van der Waals surface area contributed by atoms with Crippen molar-refractivity contribution >= 4 is 23.2 Å². The summed E-state index contributed by atoms with van der Waals surface area (Å²) in [5.74, 6) is 0.381. The fraction of sp³-hybridized carbons (Fsp3) is 0.636. The fourth-order valence-electron chi connectivity index (χ4n) is 3.39. The van der Waals surface area contributed by atoms with Crippen LogP contribution in [-0.2, 0) is 9.59 Å². The molecule has 27 heavy (non-hydrogen) atoms. The molecule has 1 aliphatic rings. The average molecular weight is 374 g/mol. The molecule has 150 valence electrons. The Labute approximate surface area is 164 Å². The van der Waals surface area contributed by atoms with E-state index in [1.165, 1.54) is 12.8 Å². The molecule has 0 spiro atoms. The third kappa shape index (κ3) is 7.24. The molecule has 5 heteroatoms. The maximum absolute atomic E-state index is 12.1. The quantitative estimate of drug-likeness (QED) is 0.617. The highest BCUT2D eigenvalue weighted by molar-refractivity contribution is 5.90. The number of piperazine rings is 1. The monoisotopic (exact) mass is 373 g/mol. The summed E-state index contributed by atoms with van der Waals surface area (Å²) in [5.41, 5.74) is 2.00. The Morgan fingerprint density at radius 2 is 1.52 bits per heavy atom. The first kappa shape index (κ1) is 21.3. The van der Waals surface area contributed by atoms with Crippen molar-refractivity contribution in [1.82, 2.24) is 4.90 Å². The second kappa shape index (κ2) is 11.6. The van der Waals surface area contributed by atoms with Crippen LogP contribution in [0.4, 0.5) is 11.4 Å². The van der Waals surface area contributed by atoms with Gasteiger partial charge in [-0.15, -0.1) is 0 Å². The zero-order valence-corrected chi connectivity index (χ0v) is 17.0. The molecule has 2 amide bonds. The molecule has 1 heterocycles. The minimum atomic E-state index is 0.0954. The molecule has 5 nitrogen and oxygen atoms in total. The summed E-state index contributed by atoms with van der Waals surface area (Å²) < 4.78 is 0. The predicted octanol–water partition coefficient (Wildman–Crippen LogP) is 4.43.